The lowest BCUT2D eigenvalue weighted by molar-refractivity contribution is -0.0528. The summed E-state index contributed by atoms with van der Waals surface area (Å²) in [5, 5.41) is 13.3. The quantitative estimate of drug-likeness (QED) is 0.456. The molecule has 2 aliphatic heterocycles. The van der Waals surface area contributed by atoms with E-state index in [0.717, 1.165) is 62.8 Å². The Morgan fingerprint density at radius 1 is 1.24 bits per heavy atom. The number of carbonyl (C=O) groups excluding carboxylic acids is 1. The molecule has 5 aliphatic rings. The van der Waals surface area contributed by atoms with Crippen LogP contribution in [0.5, 0.6) is 0 Å². The van der Waals surface area contributed by atoms with Gasteiger partial charge in [0.1, 0.15) is 17.6 Å². The number of H-pyrrole nitrogens is 1. The third-order valence-electron chi connectivity index (χ3n) is 8.10. The summed E-state index contributed by atoms with van der Waals surface area (Å²) in [6.07, 6.45) is 2.57. The molecule has 3 saturated carbocycles. The van der Waals surface area contributed by atoms with Gasteiger partial charge in [0.25, 0.3) is 0 Å². The Morgan fingerprint density at radius 2 is 2.05 bits per heavy atom. The van der Waals surface area contributed by atoms with Crippen molar-refractivity contribution in [1.29, 1.82) is 0 Å². The van der Waals surface area contributed by atoms with Gasteiger partial charge in [-0.15, -0.1) is 0 Å². The number of alkyl halides is 1. The molecule has 3 aromatic rings. The number of halogens is 1. The van der Waals surface area contributed by atoms with E-state index in [1.54, 1.807) is 12.3 Å². The lowest BCUT2D eigenvalue weighted by atomic mass is 9.50. The summed E-state index contributed by atoms with van der Waals surface area (Å²) >= 11 is 0. The summed E-state index contributed by atoms with van der Waals surface area (Å²) < 4.78 is 28.0. The summed E-state index contributed by atoms with van der Waals surface area (Å²) in [4.78, 5) is 26.0. The SMILES string of the molecule is CN1CCN(c2cc3nccn3c(Nc3cc([C@@H]4OC[C@H](OC(=O)NC56CC(C5)C6)[C@H]4F)[nH]n3)n2)CC1. The highest BCUT2D eigenvalue weighted by Gasteiger charge is 2.58. The number of imidazole rings is 1. The zero-order chi connectivity index (χ0) is 25.1. The van der Waals surface area contributed by atoms with Gasteiger partial charge in [0, 0.05) is 56.2 Å². The molecule has 0 aromatic carbocycles. The van der Waals surface area contributed by atoms with E-state index >= 15 is 4.39 Å². The summed E-state index contributed by atoms with van der Waals surface area (Å²) in [6, 6.07) is 3.66. The number of hydrogen-bond donors (Lipinski definition) is 3. The van der Waals surface area contributed by atoms with E-state index in [0.29, 0.717) is 17.5 Å². The zero-order valence-corrected chi connectivity index (χ0v) is 20.6. The molecule has 1 amide bonds. The van der Waals surface area contributed by atoms with Crippen LogP contribution in [0.3, 0.4) is 0 Å². The first-order valence-corrected chi connectivity index (χ1v) is 12.8. The monoisotopic (exact) mass is 511 g/mol. The normalized spacial score (nSPS) is 31.1. The maximum absolute atomic E-state index is 15.2. The van der Waals surface area contributed by atoms with Gasteiger partial charge < -0.3 is 29.9 Å². The first-order valence-electron chi connectivity index (χ1n) is 12.8. The molecule has 13 heteroatoms. The maximum atomic E-state index is 15.2. The van der Waals surface area contributed by atoms with Gasteiger partial charge >= 0.3 is 6.09 Å². The van der Waals surface area contributed by atoms with Gasteiger partial charge in [0.15, 0.2) is 18.1 Å². The summed E-state index contributed by atoms with van der Waals surface area (Å²) in [5.41, 5.74) is 1.10. The molecule has 37 heavy (non-hydrogen) atoms. The van der Waals surface area contributed by atoms with Crippen LogP contribution < -0.4 is 15.5 Å². The number of amides is 1. The first-order chi connectivity index (χ1) is 17.9. The van der Waals surface area contributed by atoms with E-state index in [2.05, 4.69) is 42.7 Å². The molecule has 0 spiro atoms. The van der Waals surface area contributed by atoms with E-state index < -0.39 is 24.5 Å². The smallest absolute Gasteiger partial charge is 0.408 e. The molecule has 0 unspecified atom stereocenters. The Bertz CT molecular complexity index is 1300. The largest absolute Gasteiger partial charge is 0.441 e. The summed E-state index contributed by atoms with van der Waals surface area (Å²) in [7, 11) is 2.11. The van der Waals surface area contributed by atoms with Crippen molar-refractivity contribution in [2.24, 2.45) is 5.92 Å². The Morgan fingerprint density at radius 3 is 2.81 bits per heavy atom. The number of nitrogens with zero attached hydrogens (tertiary/aromatic N) is 6. The van der Waals surface area contributed by atoms with Crippen molar-refractivity contribution in [1.82, 2.24) is 34.8 Å². The molecule has 8 rings (SSSR count). The van der Waals surface area contributed by atoms with Crippen LogP contribution in [0.2, 0.25) is 0 Å². The Labute approximate surface area is 212 Å². The molecule has 3 atom stereocenters. The number of nitrogens with one attached hydrogen (secondary N) is 3. The van der Waals surface area contributed by atoms with Gasteiger partial charge in [0.2, 0.25) is 5.95 Å². The molecule has 2 saturated heterocycles. The van der Waals surface area contributed by atoms with Gasteiger partial charge in [-0.1, -0.05) is 0 Å². The highest BCUT2D eigenvalue weighted by molar-refractivity contribution is 5.69. The number of ether oxygens (including phenoxy) is 2. The Hall–Kier alpha value is -3.45. The average Bonchev–Trinajstić information content (AvgIpc) is 3.57. The van der Waals surface area contributed by atoms with Crippen molar-refractivity contribution in [2.75, 3.05) is 50.1 Å². The molecule has 12 nitrogen and oxygen atoms in total. The maximum Gasteiger partial charge on any atom is 0.408 e. The number of carbonyl (C=O) groups is 1. The molecular weight excluding hydrogens is 481 g/mol. The second-order valence-corrected chi connectivity index (χ2v) is 10.7. The number of fused-ring (bicyclic) bond motifs is 1. The first kappa shape index (κ1) is 22.7. The standard InChI is InChI=1S/C24H30FN9O3/c1-32-4-6-33(7-5-32)19-9-18-26-2-3-34(18)22(28-19)27-17-8-15(30-31-17)21-20(25)16(13-36-21)37-23(35)29-24-10-14(11-24)12-24/h2-3,8-9,14,16,20-21H,4-7,10-13H2,1H3,(H,29,35)(H2,27,28,30,31)/t14?,16-,20+,21-,24?/m0/s1. The third kappa shape index (κ3) is 4.06. The van der Waals surface area contributed by atoms with Gasteiger partial charge in [0.05, 0.1) is 12.3 Å². The minimum Gasteiger partial charge on any atom is -0.441 e. The fourth-order valence-corrected chi connectivity index (χ4v) is 5.81. The Balaban J connectivity index is 1.03. The number of hydrogen-bond acceptors (Lipinski definition) is 9. The van der Waals surface area contributed by atoms with Gasteiger partial charge in [-0.2, -0.15) is 10.1 Å². The second kappa shape index (κ2) is 8.55. The van der Waals surface area contributed by atoms with Crippen LogP contribution in [-0.2, 0) is 9.47 Å². The number of piperazine rings is 1. The Kier molecular flexibility index (Phi) is 5.25. The number of anilines is 3. The van der Waals surface area contributed by atoms with Gasteiger partial charge in [-0.25, -0.2) is 14.2 Å². The van der Waals surface area contributed by atoms with Crippen molar-refractivity contribution in [3.63, 3.8) is 0 Å². The second-order valence-electron chi connectivity index (χ2n) is 10.7. The number of rotatable bonds is 6. The van der Waals surface area contributed by atoms with Crippen molar-refractivity contribution in [2.45, 2.75) is 43.2 Å². The average molecular weight is 512 g/mol. The fraction of sp³-hybridized carbons (Fsp3) is 0.583. The van der Waals surface area contributed by atoms with Gasteiger partial charge in [-0.3, -0.25) is 9.50 Å². The van der Waals surface area contributed by atoms with Crippen molar-refractivity contribution in [3.05, 3.63) is 30.2 Å². The number of aromatic nitrogens is 5. The van der Waals surface area contributed by atoms with Crippen LogP contribution in [-0.4, -0.2) is 93.2 Å². The van der Waals surface area contributed by atoms with Crippen molar-refractivity contribution >= 4 is 29.3 Å². The summed E-state index contributed by atoms with van der Waals surface area (Å²) in [6.45, 7) is 3.68. The van der Waals surface area contributed by atoms with Crippen LogP contribution in [0.4, 0.5) is 26.8 Å². The molecular formula is C24H30FN9O3. The summed E-state index contributed by atoms with van der Waals surface area (Å²) in [5.74, 6) is 2.59. The van der Waals surface area contributed by atoms with E-state index in [1.165, 1.54) is 0 Å². The highest BCUT2D eigenvalue weighted by atomic mass is 19.1. The minimum atomic E-state index is -1.51. The zero-order valence-electron chi connectivity index (χ0n) is 20.6. The number of likely N-dealkylation sites (N-methyl/N-ethyl adjacent to an activating group) is 1. The van der Waals surface area contributed by atoms with E-state index in [9.17, 15) is 4.79 Å². The molecule has 3 aliphatic carbocycles. The fourth-order valence-electron chi connectivity index (χ4n) is 5.81. The predicted octanol–water partition coefficient (Wildman–Crippen LogP) is 2.00. The van der Waals surface area contributed by atoms with E-state index in [-0.39, 0.29) is 12.1 Å². The molecule has 5 fully saturated rings. The highest BCUT2D eigenvalue weighted by Crippen LogP contribution is 2.57. The van der Waals surface area contributed by atoms with Crippen LogP contribution >= 0.6 is 0 Å². The van der Waals surface area contributed by atoms with Crippen LogP contribution in [0.25, 0.3) is 5.65 Å². The van der Waals surface area contributed by atoms with Crippen LogP contribution in [0.1, 0.15) is 31.1 Å². The topological polar surface area (TPSA) is 125 Å². The lowest BCUT2D eigenvalue weighted by Gasteiger charge is -2.61. The third-order valence-corrected chi connectivity index (χ3v) is 8.10. The number of aromatic amines is 1. The molecule has 5 heterocycles. The number of alkyl carbamates (subject to hydrolysis) is 1. The van der Waals surface area contributed by atoms with E-state index in [4.69, 9.17) is 14.5 Å². The molecule has 3 N–H and O–H groups in total. The molecule has 2 bridgehead atoms. The lowest BCUT2D eigenvalue weighted by Crippen LogP contribution is -2.68. The molecule has 196 valence electrons. The van der Waals surface area contributed by atoms with Crippen molar-refractivity contribution < 1.29 is 18.7 Å². The van der Waals surface area contributed by atoms with Crippen LogP contribution in [0.15, 0.2) is 24.5 Å². The molecule has 0 radical (unpaired) electrons. The van der Waals surface area contributed by atoms with Crippen LogP contribution in [0, 0.1) is 5.92 Å². The van der Waals surface area contributed by atoms with Gasteiger partial charge in [-0.05, 0) is 32.2 Å². The van der Waals surface area contributed by atoms with Crippen molar-refractivity contribution in [3.8, 4) is 0 Å². The predicted molar refractivity (Wildman–Crippen MR) is 132 cm³/mol. The molecule has 3 aromatic heterocycles. The minimum absolute atomic E-state index is 0.0130. The van der Waals surface area contributed by atoms with E-state index in [1.807, 2.05) is 16.7 Å².